The molecule has 0 aliphatic rings. The summed E-state index contributed by atoms with van der Waals surface area (Å²) in [7, 11) is 0. The molecule has 0 spiro atoms. The van der Waals surface area contributed by atoms with Gasteiger partial charge in [-0.3, -0.25) is 0 Å². The third-order valence-corrected chi connectivity index (χ3v) is 6.89. The van der Waals surface area contributed by atoms with Crippen molar-refractivity contribution in [2.75, 3.05) is 0 Å². The molecule has 4 aromatic carbocycles. The van der Waals surface area contributed by atoms with E-state index < -0.39 is 0 Å². The molecule has 0 N–H and O–H groups in total. The van der Waals surface area contributed by atoms with E-state index in [1.165, 1.54) is 55.0 Å². The Morgan fingerprint density at radius 3 is 1.17 bits per heavy atom. The van der Waals surface area contributed by atoms with Gasteiger partial charge in [-0.05, 0) is 72.5 Å². The lowest BCUT2D eigenvalue weighted by atomic mass is 10.1. The van der Waals surface area contributed by atoms with E-state index in [1.54, 1.807) is 0 Å². The van der Waals surface area contributed by atoms with Gasteiger partial charge in [-0.25, -0.2) is 0 Å². The van der Waals surface area contributed by atoms with Crippen LogP contribution in [0.4, 0.5) is 0 Å². The Morgan fingerprint density at radius 2 is 0.738 bits per heavy atom. The number of allylic oxidation sites excluding steroid dienone is 16. The topological polar surface area (TPSA) is 0 Å². The van der Waals surface area contributed by atoms with E-state index in [1.807, 2.05) is 0 Å². The van der Waals surface area contributed by atoms with E-state index in [4.69, 9.17) is 0 Å². The van der Waals surface area contributed by atoms with Gasteiger partial charge in [0.15, 0.2) is 0 Å². The van der Waals surface area contributed by atoms with E-state index in [2.05, 4.69) is 198 Å². The highest BCUT2D eigenvalue weighted by Crippen LogP contribution is 2.18. The predicted molar refractivity (Wildman–Crippen MR) is 188 cm³/mol. The molecule has 0 heteroatoms. The molecule has 0 heterocycles. The molecule has 0 fully saturated rings. The van der Waals surface area contributed by atoms with Gasteiger partial charge in [0.1, 0.15) is 0 Å². The minimum Gasteiger partial charge on any atom is -0.0620 e. The lowest BCUT2D eigenvalue weighted by Crippen LogP contribution is -1.75. The van der Waals surface area contributed by atoms with Crippen molar-refractivity contribution in [3.05, 3.63) is 191 Å². The molecule has 4 aromatic rings. The molecule has 0 aliphatic heterocycles. The van der Waals surface area contributed by atoms with Crippen molar-refractivity contribution in [1.82, 2.24) is 0 Å². The summed E-state index contributed by atoms with van der Waals surface area (Å²) in [4.78, 5) is 0. The van der Waals surface area contributed by atoms with Crippen LogP contribution in [0.2, 0.25) is 0 Å². The predicted octanol–water partition coefficient (Wildman–Crippen LogP) is 12.2. The van der Waals surface area contributed by atoms with Gasteiger partial charge in [0.2, 0.25) is 0 Å². The molecular formula is C42H40. The summed E-state index contributed by atoms with van der Waals surface area (Å²) in [6.07, 6.45) is 29.8. The van der Waals surface area contributed by atoms with Crippen molar-refractivity contribution < 1.29 is 0 Å². The van der Waals surface area contributed by atoms with Crippen LogP contribution in [-0.4, -0.2) is 0 Å². The van der Waals surface area contributed by atoms with E-state index in [9.17, 15) is 0 Å². The molecule has 4 rings (SSSR count). The van der Waals surface area contributed by atoms with Gasteiger partial charge in [-0.1, -0.05) is 180 Å². The zero-order chi connectivity index (χ0) is 29.6. The van der Waals surface area contributed by atoms with E-state index >= 15 is 0 Å². The lowest BCUT2D eigenvalue weighted by molar-refractivity contribution is 1.49. The summed E-state index contributed by atoms with van der Waals surface area (Å²) < 4.78 is 0. The van der Waals surface area contributed by atoms with E-state index in [0.29, 0.717) is 0 Å². The van der Waals surface area contributed by atoms with Gasteiger partial charge < -0.3 is 0 Å². The fraction of sp³-hybridized carbons (Fsp3) is 0.0952. The van der Waals surface area contributed by atoms with Crippen molar-refractivity contribution in [1.29, 1.82) is 0 Å². The van der Waals surface area contributed by atoms with Gasteiger partial charge >= 0.3 is 0 Å². The van der Waals surface area contributed by atoms with Gasteiger partial charge in [0, 0.05) is 0 Å². The van der Waals surface area contributed by atoms with Gasteiger partial charge in [0.05, 0.1) is 0 Å². The quantitative estimate of drug-likeness (QED) is 0.174. The zero-order valence-corrected chi connectivity index (χ0v) is 25.2. The molecule has 0 aromatic heterocycles. The minimum atomic E-state index is 1.20. The molecule has 0 saturated carbocycles. The minimum absolute atomic E-state index is 1.20. The van der Waals surface area contributed by atoms with Crippen LogP contribution in [0.1, 0.15) is 38.8 Å². The second-order valence-corrected chi connectivity index (χ2v) is 10.6. The van der Waals surface area contributed by atoms with Crippen molar-refractivity contribution in [2.24, 2.45) is 0 Å². The van der Waals surface area contributed by atoms with E-state index in [0.717, 1.165) is 0 Å². The monoisotopic (exact) mass is 544 g/mol. The standard InChI is InChI=1S/C42H40/c1-33(15-11-17-35(3)23-25-37-27-29-39-19-7-9-21-41(39)31-37)13-5-6-14-34(2)16-12-18-36(4)24-26-38-28-30-40-20-8-10-22-42(40)32-38/h5-32H,1-4H3. The Morgan fingerprint density at radius 1 is 0.381 bits per heavy atom. The zero-order valence-electron chi connectivity index (χ0n) is 25.2. The van der Waals surface area contributed by atoms with Gasteiger partial charge in [-0.15, -0.1) is 0 Å². The molecule has 0 bridgehead atoms. The summed E-state index contributed by atoms with van der Waals surface area (Å²) in [5, 5.41) is 5.08. The second kappa shape index (κ2) is 15.7. The highest BCUT2D eigenvalue weighted by molar-refractivity contribution is 5.85. The summed E-state index contributed by atoms with van der Waals surface area (Å²) in [6, 6.07) is 30.0. The summed E-state index contributed by atoms with van der Waals surface area (Å²) in [5.74, 6) is 0. The molecule has 0 amide bonds. The summed E-state index contributed by atoms with van der Waals surface area (Å²) in [5.41, 5.74) is 7.25. The molecule has 0 atom stereocenters. The number of rotatable bonds is 10. The molecule has 0 nitrogen and oxygen atoms in total. The summed E-state index contributed by atoms with van der Waals surface area (Å²) in [6.45, 7) is 8.48. The highest BCUT2D eigenvalue weighted by atomic mass is 14.0. The van der Waals surface area contributed by atoms with Crippen molar-refractivity contribution in [3.63, 3.8) is 0 Å². The van der Waals surface area contributed by atoms with Crippen LogP contribution in [0.15, 0.2) is 180 Å². The fourth-order valence-corrected chi connectivity index (χ4v) is 4.42. The molecular weight excluding hydrogens is 504 g/mol. The number of benzene rings is 4. The smallest absolute Gasteiger partial charge is 0.0178 e. The van der Waals surface area contributed by atoms with Crippen molar-refractivity contribution in [2.45, 2.75) is 27.7 Å². The maximum absolute atomic E-state index is 2.23. The highest BCUT2D eigenvalue weighted by Gasteiger charge is 1.94. The first-order chi connectivity index (χ1) is 20.5. The normalized spacial score (nSPS) is 14.3. The first-order valence-corrected chi connectivity index (χ1v) is 14.5. The Balaban J connectivity index is 1.24. The molecule has 0 aliphatic carbocycles. The van der Waals surface area contributed by atoms with Crippen LogP contribution in [0.25, 0.3) is 33.7 Å². The van der Waals surface area contributed by atoms with Gasteiger partial charge in [0.25, 0.3) is 0 Å². The average molecular weight is 545 g/mol. The lowest BCUT2D eigenvalue weighted by Gasteiger charge is -1.99. The molecule has 0 saturated heterocycles. The van der Waals surface area contributed by atoms with Crippen LogP contribution in [0, 0.1) is 0 Å². The third-order valence-electron chi connectivity index (χ3n) is 6.89. The van der Waals surface area contributed by atoms with Crippen molar-refractivity contribution in [3.8, 4) is 0 Å². The summed E-state index contributed by atoms with van der Waals surface area (Å²) >= 11 is 0. The van der Waals surface area contributed by atoms with Crippen molar-refractivity contribution >= 4 is 33.7 Å². The number of hydrogen-bond acceptors (Lipinski definition) is 0. The molecule has 0 unspecified atom stereocenters. The Kier molecular flexibility index (Phi) is 11.3. The third kappa shape index (κ3) is 9.91. The first-order valence-electron chi connectivity index (χ1n) is 14.5. The molecule has 208 valence electrons. The fourth-order valence-electron chi connectivity index (χ4n) is 4.42. The maximum Gasteiger partial charge on any atom is -0.0178 e. The Hall–Kier alpha value is -4.94. The SMILES string of the molecule is CC(C=CC=C(C)C=Cc1ccc2ccccc2c1)=CC=CC=C(C)C=CC=C(C)C=Cc1ccc2ccccc2c1. The van der Waals surface area contributed by atoms with Crippen LogP contribution in [0.3, 0.4) is 0 Å². The Labute approximate surface area is 252 Å². The first kappa shape index (κ1) is 30.0. The largest absolute Gasteiger partial charge is 0.0620 e. The molecule has 42 heavy (non-hydrogen) atoms. The van der Waals surface area contributed by atoms with Gasteiger partial charge in [-0.2, -0.15) is 0 Å². The molecule has 0 radical (unpaired) electrons. The van der Waals surface area contributed by atoms with E-state index in [-0.39, 0.29) is 0 Å². The van der Waals surface area contributed by atoms with Crippen LogP contribution < -0.4 is 0 Å². The Bertz CT molecular complexity index is 1660. The van der Waals surface area contributed by atoms with Crippen LogP contribution in [-0.2, 0) is 0 Å². The number of hydrogen-bond donors (Lipinski definition) is 0. The van der Waals surface area contributed by atoms with Crippen LogP contribution in [0.5, 0.6) is 0 Å². The average Bonchev–Trinajstić information content (AvgIpc) is 3.01. The maximum atomic E-state index is 2.23. The second-order valence-electron chi connectivity index (χ2n) is 10.6. The number of fused-ring (bicyclic) bond motifs is 2. The van der Waals surface area contributed by atoms with Crippen LogP contribution >= 0.6 is 0 Å².